The maximum absolute atomic E-state index is 12.2. The van der Waals surface area contributed by atoms with Gasteiger partial charge in [-0.25, -0.2) is 14.6 Å². The van der Waals surface area contributed by atoms with Crippen molar-refractivity contribution in [1.82, 2.24) is 15.2 Å². The molecule has 2 heterocycles. The third-order valence-electron chi connectivity index (χ3n) is 4.27. The average molecular weight is 368 g/mol. The van der Waals surface area contributed by atoms with Gasteiger partial charge in [-0.2, -0.15) is 0 Å². The Kier molecular flexibility index (Phi) is 5.65. The summed E-state index contributed by atoms with van der Waals surface area (Å²) in [6.45, 7) is 1.82. The molecular formula is C19H20N4O4. The van der Waals surface area contributed by atoms with E-state index in [1.165, 1.54) is 18.3 Å². The van der Waals surface area contributed by atoms with Gasteiger partial charge in [0.25, 0.3) is 5.91 Å². The summed E-state index contributed by atoms with van der Waals surface area (Å²) in [6, 6.07) is 9.85. The van der Waals surface area contributed by atoms with Crippen molar-refractivity contribution < 1.29 is 19.5 Å². The van der Waals surface area contributed by atoms with Crippen LogP contribution in [-0.2, 0) is 6.54 Å². The molecule has 1 aromatic carbocycles. The fourth-order valence-electron chi connectivity index (χ4n) is 2.82. The largest absolute Gasteiger partial charge is 0.477 e. The normalized spacial score (nSPS) is 13.3. The lowest BCUT2D eigenvalue weighted by Gasteiger charge is -2.16. The third-order valence-corrected chi connectivity index (χ3v) is 4.27. The Labute approximate surface area is 156 Å². The van der Waals surface area contributed by atoms with Crippen LogP contribution in [0.1, 0.15) is 39.3 Å². The van der Waals surface area contributed by atoms with Gasteiger partial charge in [0.05, 0.1) is 5.56 Å². The molecule has 1 aromatic heterocycles. The highest BCUT2D eigenvalue weighted by molar-refractivity contribution is 5.95. The molecule has 0 atom stereocenters. The van der Waals surface area contributed by atoms with Gasteiger partial charge in [-0.15, -0.1) is 0 Å². The second-order valence-electron chi connectivity index (χ2n) is 6.24. The van der Waals surface area contributed by atoms with Crippen LogP contribution >= 0.6 is 0 Å². The van der Waals surface area contributed by atoms with E-state index in [2.05, 4.69) is 15.6 Å². The molecule has 2 aromatic rings. The molecule has 1 aliphatic heterocycles. The second-order valence-corrected chi connectivity index (χ2v) is 6.24. The topological polar surface area (TPSA) is 112 Å². The number of pyridine rings is 1. The number of aromatic carboxylic acids is 1. The smallest absolute Gasteiger partial charge is 0.354 e. The van der Waals surface area contributed by atoms with Crippen LogP contribution < -0.4 is 10.6 Å². The summed E-state index contributed by atoms with van der Waals surface area (Å²) < 4.78 is 0. The van der Waals surface area contributed by atoms with Crippen molar-refractivity contribution in [2.24, 2.45) is 0 Å². The number of hydrogen-bond acceptors (Lipinski definition) is 4. The van der Waals surface area contributed by atoms with Gasteiger partial charge >= 0.3 is 12.0 Å². The highest BCUT2D eigenvalue weighted by Crippen LogP contribution is 2.14. The Morgan fingerprint density at radius 3 is 2.56 bits per heavy atom. The molecular weight excluding hydrogens is 348 g/mol. The molecule has 0 saturated carbocycles. The standard InChI is InChI=1S/C19H20N4O4/c24-17(14-6-7-16(18(25)26)20-12-14)21-11-13-4-3-5-15(10-13)22-19(27)23-8-1-2-9-23/h3-7,10,12H,1-2,8-9,11H2,(H,21,24)(H,22,27)(H,25,26). The number of rotatable bonds is 5. The minimum Gasteiger partial charge on any atom is -0.477 e. The summed E-state index contributed by atoms with van der Waals surface area (Å²) in [5, 5.41) is 14.4. The van der Waals surface area contributed by atoms with Gasteiger partial charge in [-0.1, -0.05) is 12.1 Å². The van der Waals surface area contributed by atoms with E-state index in [9.17, 15) is 14.4 Å². The predicted octanol–water partition coefficient (Wildman–Crippen LogP) is 2.34. The molecule has 27 heavy (non-hydrogen) atoms. The van der Waals surface area contributed by atoms with Gasteiger partial charge in [-0.05, 0) is 42.7 Å². The van der Waals surface area contributed by atoms with Crippen molar-refractivity contribution >= 4 is 23.6 Å². The van der Waals surface area contributed by atoms with E-state index in [1.807, 2.05) is 12.1 Å². The summed E-state index contributed by atoms with van der Waals surface area (Å²) in [5.74, 6) is -1.50. The lowest BCUT2D eigenvalue weighted by atomic mass is 10.2. The van der Waals surface area contributed by atoms with E-state index < -0.39 is 5.97 Å². The lowest BCUT2D eigenvalue weighted by molar-refractivity contribution is 0.0689. The molecule has 0 spiro atoms. The van der Waals surface area contributed by atoms with Crippen molar-refractivity contribution in [3.05, 3.63) is 59.4 Å². The van der Waals surface area contributed by atoms with Crippen molar-refractivity contribution in [3.8, 4) is 0 Å². The van der Waals surface area contributed by atoms with Crippen molar-refractivity contribution in [2.45, 2.75) is 19.4 Å². The Balaban J connectivity index is 1.56. The molecule has 0 aliphatic carbocycles. The van der Waals surface area contributed by atoms with Gasteiger partial charge in [-0.3, -0.25) is 4.79 Å². The number of carbonyl (C=O) groups is 3. The third kappa shape index (κ3) is 4.81. The maximum atomic E-state index is 12.2. The van der Waals surface area contributed by atoms with Crippen LogP contribution in [0.5, 0.6) is 0 Å². The Hall–Kier alpha value is -3.42. The summed E-state index contributed by atoms with van der Waals surface area (Å²) in [7, 11) is 0. The summed E-state index contributed by atoms with van der Waals surface area (Å²) in [4.78, 5) is 40.6. The van der Waals surface area contributed by atoms with Crippen LogP contribution in [0.3, 0.4) is 0 Å². The highest BCUT2D eigenvalue weighted by Gasteiger charge is 2.17. The van der Waals surface area contributed by atoms with Crippen LogP contribution in [0, 0.1) is 0 Å². The van der Waals surface area contributed by atoms with Gasteiger partial charge in [0.1, 0.15) is 5.69 Å². The zero-order chi connectivity index (χ0) is 19.2. The minimum atomic E-state index is -1.14. The zero-order valence-electron chi connectivity index (χ0n) is 14.6. The molecule has 3 rings (SSSR count). The fraction of sp³-hybridized carbons (Fsp3) is 0.263. The lowest BCUT2D eigenvalue weighted by Crippen LogP contribution is -2.32. The van der Waals surface area contributed by atoms with E-state index in [0.29, 0.717) is 5.69 Å². The number of aromatic nitrogens is 1. The summed E-state index contributed by atoms with van der Waals surface area (Å²) in [5.41, 5.74) is 1.66. The van der Waals surface area contributed by atoms with Gasteiger partial charge < -0.3 is 20.6 Å². The monoisotopic (exact) mass is 368 g/mol. The van der Waals surface area contributed by atoms with E-state index in [1.54, 1.807) is 17.0 Å². The molecule has 1 aliphatic rings. The van der Waals surface area contributed by atoms with Crippen LogP contribution in [-0.4, -0.2) is 46.0 Å². The number of amides is 3. The van der Waals surface area contributed by atoms with Gasteiger partial charge in [0.2, 0.25) is 0 Å². The first-order chi connectivity index (χ1) is 13.0. The number of benzene rings is 1. The van der Waals surface area contributed by atoms with E-state index >= 15 is 0 Å². The second kappa shape index (κ2) is 8.31. The number of likely N-dealkylation sites (tertiary alicyclic amines) is 1. The summed E-state index contributed by atoms with van der Waals surface area (Å²) >= 11 is 0. The first-order valence-corrected chi connectivity index (χ1v) is 8.65. The molecule has 1 saturated heterocycles. The number of nitrogens with zero attached hydrogens (tertiary/aromatic N) is 2. The quantitative estimate of drug-likeness (QED) is 0.750. The molecule has 140 valence electrons. The van der Waals surface area contributed by atoms with Crippen molar-refractivity contribution in [2.75, 3.05) is 18.4 Å². The van der Waals surface area contributed by atoms with E-state index in [4.69, 9.17) is 5.11 Å². The van der Waals surface area contributed by atoms with Gasteiger partial charge in [0.15, 0.2) is 0 Å². The first-order valence-electron chi connectivity index (χ1n) is 8.65. The number of nitrogens with one attached hydrogen (secondary N) is 2. The van der Waals surface area contributed by atoms with E-state index in [-0.39, 0.29) is 29.7 Å². The molecule has 1 fully saturated rings. The number of urea groups is 1. The number of carboxylic acids is 1. The van der Waals surface area contributed by atoms with Crippen molar-refractivity contribution in [3.63, 3.8) is 0 Å². The molecule has 0 radical (unpaired) electrons. The molecule has 8 nitrogen and oxygen atoms in total. The molecule has 0 bridgehead atoms. The summed E-state index contributed by atoms with van der Waals surface area (Å²) in [6.07, 6.45) is 3.29. The van der Waals surface area contributed by atoms with E-state index in [0.717, 1.165) is 31.5 Å². The zero-order valence-corrected chi connectivity index (χ0v) is 14.6. The molecule has 8 heteroatoms. The molecule has 0 unspecified atom stereocenters. The Morgan fingerprint density at radius 1 is 1.11 bits per heavy atom. The van der Waals surface area contributed by atoms with Gasteiger partial charge in [0, 0.05) is 31.5 Å². The number of carboxylic acid groups (broad SMARTS) is 1. The highest BCUT2D eigenvalue weighted by atomic mass is 16.4. The number of hydrogen-bond donors (Lipinski definition) is 3. The molecule has 3 amide bonds. The Morgan fingerprint density at radius 2 is 1.89 bits per heavy atom. The minimum absolute atomic E-state index is 0.113. The van der Waals surface area contributed by atoms with Crippen LogP contribution in [0.4, 0.5) is 10.5 Å². The average Bonchev–Trinajstić information content (AvgIpc) is 3.21. The number of anilines is 1. The van der Waals surface area contributed by atoms with Crippen molar-refractivity contribution in [1.29, 1.82) is 0 Å². The first kappa shape index (κ1) is 18.4. The predicted molar refractivity (Wildman–Crippen MR) is 98.6 cm³/mol. The number of carbonyl (C=O) groups excluding carboxylic acids is 2. The fourth-order valence-corrected chi connectivity index (χ4v) is 2.82. The van der Waals surface area contributed by atoms with Crippen LogP contribution in [0.25, 0.3) is 0 Å². The van der Waals surface area contributed by atoms with Crippen LogP contribution in [0.15, 0.2) is 42.6 Å². The molecule has 3 N–H and O–H groups in total. The van der Waals surface area contributed by atoms with Crippen LogP contribution in [0.2, 0.25) is 0 Å². The SMILES string of the molecule is O=C(NCc1cccc(NC(=O)N2CCCC2)c1)c1ccc(C(=O)O)nc1. The maximum Gasteiger partial charge on any atom is 0.354 e. The Bertz CT molecular complexity index is 845.